The minimum atomic E-state index is -3.65. The lowest BCUT2D eigenvalue weighted by atomic mass is 10.2. The maximum Gasteiger partial charge on any atom is 0.245 e. The van der Waals surface area contributed by atoms with Crippen LogP contribution in [0.3, 0.4) is 0 Å². The Hall–Kier alpha value is -0.670. The highest BCUT2D eigenvalue weighted by molar-refractivity contribution is 7.89. The summed E-state index contributed by atoms with van der Waals surface area (Å²) in [5, 5.41) is 4.19. The fourth-order valence-electron chi connectivity index (χ4n) is 2.61. The molecule has 1 aromatic heterocycles. The van der Waals surface area contributed by atoms with Gasteiger partial charge in [0.1, 0.15) is 10.0 Å². The molecule has 0 amide bonds. The zero-order valence-electron chi connectivity index (χ0n) is 13.5. The summed E-state index contributed by atoms with van der Waals surface area (Å²) in [4.78, 5) is 4.63. The van der Waals surface area contributed by atoms with Crippen LogP contribution in [0.1, 0.15) is 12.6 Å². The molecule has 1 aromatic rings. The molecule has 1 N–H and O–H groups in total. The number of nitrogens with one attached hydrogen (secondary N) is 1. The minimum Gasteiger partial charge on any atom is -0.304 e. The number of hydrogen-bond acceptors (Lipinski definition) is 5. The van der Waals surface area contributed by atoms with Crippen molar-refractivity contribution in [3.05, 3.63) is 10.8 Å². The Balaban J connectivity index is 2.01. The molecule has 1 atom stereocenters. The Labute approximate surface area is 137 Å². The van der Waals surface area contributed by atoms with Crippen molar-refractivity contribution in [2.75, 3.05) is 39.8 Å². The average molecular weight is 350 g/mol. The second-order valence-corrected chi connectivity index (χ2v) is 7.93. The van der Waals surface area contributed by atoms with Gasteiger partial charge >= 0.3 is 0 Å². The molecule has 1 unspecified atom stereocenters. The van der Waals surface area contributed by atoms with E-state index in [1.807, 2.05) is 6.92 Å². The number of halogens is 1. The second kappa shape index (κ2) is 6.84. The highest BCUT2D eigenvalue weighted by Crippen LogP contribution is 2.23. The van der Waals surface area contributed by atoms with Crippen molar-refractivity contribution in [1.82, 2.24) is 24.3 Å². The molecule has 9 heteroatoms. The molecular formula is C13H24ClN5O2S. The number of aromatic nitrogens is 2. The summed E-state index contributed by atoms with van der Waals surface area (Å²) in [6.07, 6.45) is 0. The summed E-state index contributed by atoms with van der Waals surface area (Å²) in [7, 11) is 0.0737. The summed E-state index contributed by atoms with van der Waals surface area (Å²) in [6.45, 7) is 7.94. The van der Waals surface area contributed by atoms with Gasteiger partial charge in [-0.25, -0.2) is 13.1 Å². The summed E-state index contributed by atoms with van der Waals surface area (Å²) in [6, 6.07) is 0.138. The Kier molecular flexibility index (Phi) is 5.50. The maximum absolute atomic E-state index is 12.5. The number of nitrogens with zero attached hydrogens (tertiary/aromatic N) is 4. The molecule has 2 heterocycles. The Morgan fingerprint density at radius 2 is 1.86 bits per heavy atom. The third-order valence-corrected chi connectivity index (χ3v) is 6.22. The maximum atomic E-state index is 12.5. The first-order valence-corrected chi connectivity index (χ1v) is 9.20. The Morgan fingerprint density at radius 3 is 2.36 bits per heavy atom. The molecular weight excluding hydrogens is 326 g/mol. The average Bonchev–Trinajstić information content (AvgIpc) is 2.71. The molecule has 0 bridgehead atoms. The smallest absolute Gasteiger partial charge is 0.245 e. The van der Waals surface area contributed by atoms with Gasteiger partial charge in [0.25, 0.3) is 0 Å². The van der Waals surface area contributed by atoms with Crippen LogP contribution in [0.5, 0.6) is 0 Å². The fraction of sp³-hybridized carbons (Fsp3) is 0.769. The van der Waals surface area contributed by atoms with Crippen molar-refractivity contribution in [2.24, 2.45) is 7.05 Å². The van der Waals surface area contributed by atoms with Crippen LogP contribution in [-0.4, -0.2) is 73.8 Å². The zero-order chi connectivity index (χ0) is 16.5. The van der Waals surface area contributed by atoms with Gasteiger partial charge < -0.3 is 4.90 Å². The molecule has 0 aromatic carbocycles. The molecule has 0 spiro atoms. The van der Waals surface area contributed by atoms with Crippen molar-refractivity contribution in [1.29, 1.82) is 0 Å². The standard InChI is InChI=1S/C13H24ClN5O2S/c1-10(19-7-5-17(3)6-8-19)9-15-22(20,21)12-11(2)16-18(4)13(12)14/h10,15H,5-9H2,1-4H3. The highest BCUT2D eigenvalue weighted by atomic mass is 35.5. The number of hydrogen-bond donors (Lipinski definition) is 1. The quantitative estimate of drug-likeness (QED) is 0.827. The molecule has 126 valence electrons. The van der Waals surface area contributed by atoms with Crippen LogP contribution < -0.4 is 4.72 Å². The number of aryl methyl sites for hydroxylation is 2. The van der Waals surface area contributed by atoms with Gasteiger partial charge in [0, 0.05) is 45.8 Å². The molecule has 2 rings (SSSR count). The van der Waals surface area contributed by atoms with Crippen LogP contribution in [0.4, 0.5) is 0 Å². The van der Waals surface area contributed by atoms with Crippen LogP contribution in [-0.2, 0) is 17.1 Å². The molecule has 0 aliphatic carbocycles. The third kappa shape index (κ3) is 3.80. The van der Waals surface area contributed by atoms with E-state index in [0.717, 1.165) is 26.2 Å². The molecule has 22 heavy (non-hydrogen) atoms. The monoisotopic (exact) mass is 349 g/mol. The van der Waals surface area contributed by atoms with E-state index in [1.165, 1.54) is 4.68 Å². The van der Waals surface area contributed by atoms with E-state index >= 15 is 0 Å². The second-order valence-electron chi connectivity index (χ2n) is 5.87. The van der Waals surface area contributed by atoms with E-state index in [2.05, 4.69) is 26.7 Å². The van der Waals surface area contributed by atoms with Crippen LogP contribution in [0.2, 0.25) is 5.15 Å². The Bertz CT molecular complexity index is 623. The minimum absolute atomic E-state index is 0.0715. The molecule has 1 aliphatic heterocycles. The number of rotatable bonds is 5. The summed E-state index contributed by atoms with van der Waals surface area (Å²) in [5.74, 6) is 0. The molecule has 0 saturated carbocycles. The lowest BCUT2D eigenvalue weighted by Crippen LogP contribution is -2.51. The van der Waals surface area contributed by atoms with Crippen molar-refractivity contribution in [2.45, 2.75) is 24.8 Å². The predicted octanol–water partition coefficient (Wildman–Crippen LogP) is 0.296. The lowest BCUT2D eigenvalue weighted by molar-refractivity contribution is 0.120. The van der Waals surface area contributed by atoms with E-state index in [0.29, 0.717) is 12.2 Å². The van der Waals surface area contributed by atoms with Gasteiger partial charge in [-0.3, -0.25) is 9.58 Å². The highest BCUT2D eigenvalue weighted by Gasteiger charge is 2.26. The van der Waals surface area contributed by atoms with E-state index < -0.39 is 10.0 Å². The molecule has 1 aliphatic rings. The first-order valence-electron chi connectivity index (χ1n) is 7.33. The molecule has 7 nitrogen and oxygen atoms in total. The first-order chi connectivity index (χ1) is 10.2. The van der Waals surface area contributed by atoms with E-state index in [-0.39, 0.29) is 16.1 Å². The fourth-order valence-corrected chi connectivity index (χ4v) is 4.48. The third-order valence-electron chi connectivity index (χ3n) is 4.10. The van der Waals surface area contributed by atoms with Gasteiger partial charge in [-0.15, -0.1) is 0 Å². The number of sulfonamides is 1. The zero-order valence-corrected chi connectivity index (χ0v) is 15.1. The van der Waals surface area contributed by atoms with Gasteiger partial charge in [0.2, 0.25) is 10.0 Å². The molecule has 1 fully saturated rings. The van der Waals surface area contributed by atoms with Gasteiger partial charge in [0.05, 0.1) is 5.69 Å². The number of piperazine rings is 1. The number of likely N-dealkylation sites (N-methyl/N-ethyl adjacent to an activating group) is 1. The van der Waals surface area contributed by atoms with Gasteiger partial charge in [0.15, 0.2) is 0 Å². The first kappa shape index (κ1) is 17.7. The topological polar surface area (TPSA) is 70.5 Å². The summed E-state index contributed by atoms with van der Waals surface area (Å²) < 4.78 is 28.9. The van der Waals surface area contributed by atoms with Crippen LogP contribution in [0, 0.1) is 6.92 Å². The van der Waals surface area contributed by atoms with E-state index in [9.17, 15) is 8.42 Å². The normalized spacial score (nSPS) is 19.5. The van der Waals surface area contributed by atoms with Crippen molar-refractivity contribution in [3.8, 4) is 0 Å². The van der Waals surface area contributed by atoms with Crippen molar-refractivity contribution >= 4 is 21.6 Å². The van der Waals surface area contributed by atoms with Gasteiger partial charge in [-0.2, -0.15) is 5.10 Å². The Morgan fingerprint density at radius 1 is 1.27 bits per heavy atom. The van der Waals surface area contributed by atoms with Crippen LogP contribution in [0.15, 0.2) is 4.90 Å². The molecule has 1 saturated heterocycles. The largest absolute Gasteiger partial charge is 0.304 e. The summed E-state index contributed by atoms with van der Waals surface area (Å²) in [5.41, 5.74) is 0.409. The van der Waals surface area contributed by atoms with Gasteiger partial charge in [-0.05, 0) is 20.9 Å². The lowest BCUT2D eigenvalue weighted by Gasteiger charge is -2.36. The van der Waals surface area contributed by atoms with Crippen molar-refractivity contribution in [3.63, 3.8) is 0 Å². The SMILES string of the molecule is Cc1nn(C)c(Cl)c1S(=O)(=O)NCC(C)N1CCN(C)CC1. The van der Waals surface area contributed by atoms with E-state index in [4.69, 9.17) is 11.6 Å². The molecule has 0 radical (unpaired) electrons. The van der Waals surface area contributed by atoms with Crippen LogP contribution in [0.25, 0.3) is 0 Å². The van der Waals surface area contributed by atoms with Gasteiger partial charge in [-0.1, -0.05) is 11.6 Å². The summed E-state index contributed by atoms with van der Waals surface area (Å²) >= 11 is 6.04. The van der Waals surface area contributed by atoms with Crippen molar-refractivity contribution < 1.29 is 8.42 Å². The van der Waals surface area contributed by atoms with Crippen LogP contribution >= 0.6 is 11.6 Å². The predicted molar refractivity (Wildman–Crippen MR) is 86.7 cm³/mol. The van der Waals surface area contributed by atoms with E-state index in [1.54, 1.807) is 14.0 Å².